The predicted octanol–water partition coefficient (Wildman–Crippen LogP) is -1.05. The first kappa shape index (κ1) is 8.44. The Labute approximate surface area is 72.7 Å². The number of nitrogens with zero attached hydrogens (tertiary/aromatic N) is 2. The number of ether oxygens (including phenoxy) is 1. The zero-order chi connectivity index (χ0) is 8.55. The van der Waals surface area contributed by atoms with E-state index in [0.29, 0.717) is 0 Å². The van der Waals surface area contributed by atoms with E-state index in [9.17, 15) is 5.11 Å². The van der Waals surface area contributed by atoms with Gasteiger partial charge in [-0.1, -0.05) is 0 Å². The van der Waals surface area contributed by atoms with Crippen molar-refractivity contribution in [1.29, 1.82) is 0 Å². The van der Waals surface area contributed by atoms with Crippen LogP contribution in [0.15, 0.2) is 0 Å². The first-order valence-corrected chi connectivity index (χ1v) is 4.47. The molecule has 0 aromatic rings. The van der Waals surface area contributed by atoms with Crippen molar-refractivity contribution in [2.75, 3.05) is 39.8 Å². The Kier molecular flexibility index (Phi) is 2.32. The van der Waals surface area contributed by atoms with Gasteiger partial charge in [0.05, 0.1) is 6.10 Å². The molecule has 4 atom stereocenters. The van der Waals surface area contributed by atoms with E-state index in [-0.39, 0.29) is 12.3 Å². The topological polar surface area (TPSA) is 35.9 Å². The molecule has 3 fully saturated rings. The van der Waals surface area contributed by atoms with Gasteiger partial charge < -0.3 is 9.84 Å². The van der Waals surface area contributed by atoms with Crippen molar-refractivity contribution >= 4 is 0 Å². The molecule has 0 amide bonds. The largest absolute Gasteiger partial charge is 0.390 e. The molecule has 3 heterocycles. The van der Waals surface area contributed by atoms with Gasteiger partial charge in [-0.3, -0.25) is 9.80 Å². The molecule has 4 heteroatoms. The number of methoxy groups -OCH3 is 1. The SMILES string of the molecule is COC1CN2CCN1CC(O)C2. The van der Waals surface area contributed by atoms with Crippen molar-refractivity contribution in [3.05, 3.63) is 0 Å². The molecule has 3 aliphatic rings. The van der Waals surface area contributed by atoms with Crippen molar-refractivity contribution in [1.82, 2.24) is 9.80 Å². The fourth-order valence-electron chi connectivity index (χ4n) is 2.07. The first-order valence-electron chi connectivity index (χ1n) is 4.47. The van der Waals surface area contributed by atoms with E-state index >= 15 is 0 Å². The van der Waals surface area contributed by atoms with Gasteiger partial charge in [-0.25, -0.2) is 0 Å². The van der Waals surface area contributed by atoms with Gasteiger partial charge in [-0.15, -0.1) is 0 Å². The molecule has 0 spiro atoms. The van der Waals surface area contributed by atoms with Crippen LogP contribution in [0.25, 0.3) is 0 Å². The zero-order valence-corrected chi connectivity index (χ0v) is 7.44. The lowest BCUT2D eigenvalue weighted by atomic mass is 10.3. The highest BCUT2D eigenvalue weighted by molar-refractivity contribution is 4.84. The second-order valence-corrected chi connectivity index (χ2v) is 3.60. The Hall–Kier alpha value is -0.160. The molecule has 1 N–H and O–H groups in total. The molecule has 4 nitrogen and oxygen atoms in total. The maximum Gasteiger partial charge on any atom is 0.123 e. The Morgan fingerprint density at radius 2 is 2.08 bits per heavy atom. The molecule has 4 unspecified atom stereocenters. The lowest BCUT2D eigenvalue weighted by molar-refractivity contribution is -0.0660. The molecule has 70 valence electrons. The number of fused-ring (bicyclic) bond motifs is 4. The van der Waals surface area contributed by atoms with Crippen LogP contribution in [0, 0.1) is 0 Å². The highest BCUT2D eigenvalue weighted by atomic mass is 16.5. The lowest BCUT2D eigenvalue weighted by Gasteiger charge is -2.35. The maximum atomic E-state index is 9.54. The van der Waals surface area contributed by atoms with Crippen molar-refractivity contribution < 1.29 is 9.84 Å². The van der Waals surface area contributed by atoms with Crippen LogP contribution >= 0.6 is 0 Å². The quantitative estimate of drug-likeness (QED) is 0.547. The van der Waals surface area contributed by atoms with Gasteiger partial charge in [0.25, 0.3) is 0 Å². The molecule has 3 rings (SSSR count). The second-order valence-electron chi connectivity index (χ2n) is 3.60. The molecule has 0 radical (unpaired) electrons. The maximum absolute atomic E-state index is 9.54. The summed E-state index contributed by atoms with van der Waals surface area (Å²) in [5.74, 6) is 0. The summed E-state index contributed by atoms with van der Waals surface area (Å²) in [6.45, 7) is 4.59. The Morgan fingerprint density at radius 3 is 2.83 bits per heavy atom. The summed E-state index contributed by atoms with van der Waals surface area (Å²) in [6.07, 6.45) is -0.0106. The summed E-state index contributed by atoms with van der Waals surface area (Å²) in [4.78, 5) is 4.48. The van der Waals surface area contributed by atoms with E-state index < -0.39 is 0 Å². The summed E-state index contributed by atoms with van der Waals surface area (Å²) in [5, 5.41) is 9.54. The molecule has 0 aromatic heterocycles. The van der Waals surface area contributed by atoms with E-state index in [2.05, 4.69) is 9.80 Å². The standard InChI is InChI=1S/C8H16N2O2/c1-12-8-6-9-2-3-10(8)5-7(11)4-9/h7-8,11H,2-6H2,1H3. The van der Waals surface area contributed by atoms with Crippen LogP contribution in [0.3, 0.4) is 0 Å². The van der Waals surface area contributed by atoms with Gasteiger partial charge in [0, 0.05) is 39.8 Å². The van der Waals surface area contributed by atoms with E-state index in [1.54, 1.807) is 7.11 Å². The molecular formula is C8H16N2O2. The molecule has 0 saturated carbocycles. The van der Waals surface area contributed by atoms with Crippen molar-refractivity contribution in [3.8, 4) is 0 Å². The first-order chi connectivity index (χ1) is 5.79. The fraction of sp³-hybridized carbons (Fsp3) is 1.00. The summed E-state index contributed by atoms with van der Waals surface area (Å²) in [7, 11) is 1.73. The van der Waals surface area contributed by atoms with Crippen LogP contribution in [0.1, 0.15) is 0 Å². The van der Waals surface area contributed by atoms with E-state index in [4.69, 9.17) is 4.74 Å². The average molecular weight is 172 g/mol. The molecular weight excluding hydrogens is 156 g/mol. The highest BCUT2D eigenvalue weighted by Gasteiger charge is 2.32. The molecule has 0 aromatic carbocycles. The molecule has 12 heavy (non-hydrogen) atoms. The van der Waals surface area contributed by atoms with Gasteiger partial charge in [0.1, 0.15) is 6.23 Å². The van der Waals surface area contributed by atoms with Crippen LogP contribution in [0.2, 0.25) is 0 Å². The van der Waals surface area contributed by atoms with Gasteiger partial charge >= 0.3 is 0 Å². The predicted molar refractivity (Wildman–Crippen MR) is 44.8 cm³/mol. The van der Waals surface area contributed by atoms with Crippen LogP contribution < -0.4 is 0 Å². The molecule has 3 saturated heterocycles. The van der Waals surface area contributed by atoms with Crippen LogP contribution in [0.5, 0.6) is 0 Å². The molecule has 3 aliphatic heterocycles. The number of rotatable bonds is 1. The summed E-state index contributed by atoms with van der Waals surface area (Å²) in [5.41, 5.74) is 0. The summed E-state index contributed by atoms with van der Waals surface area (Å²) >= 11 is 0. The minimum Gasteiger partial charge on any atom is -0.390 e. The number of hydrogen-bond donors (Lipinski definition) is 1. The van der Waals surface area contributed by atoms with Crippen molar-refractivity contribution in [3.63, 3.8) is 0 Å². The highest BCUT2D eigenvalue weighted by Crippen LogP contribution is 2.15. The normalized spacial score (nSPS) is 47.5. The minimum atomic E-state index is -0.201. The van der Waals surface area contributed by atoms with Crippen LogP contribution in [-0.4, -0.2) is 67.1 Å². The zero-order valence-electron chi connectivity index (χ0n) is 7.44. The minimum absolute atomic E-state index is 0.191. The number of aliphatic hydroxyl groups is 1. The van der Waals surface area contributed by atoms with Gasteiger partial charge in [0.15, 0.2) is 0 Å². The van der Waals surface area contributed by atoms with Gasteiger partial charge in [0.2, 0.25) is 0 Å². The number of aliphatic hydroxyl groups excluding tert-OH is 1. The smallest absolute Gasteiger partial charge is 0.123 e. The Morgan fingerprint density at radius 1 is 1.25 bits per heavy atom. The van der Waals surface area contributed by atoms with E-state index in [0.717, 1.165) is 32.7 Å². The Balaban J connectivity index is 2.07. The molecule has 0 aliphatic carbocycles. The summed E-state index contributed by atoms with van der Waals surface area (Å²) in [6, 6.07) is 0. The van der Waals surface area contributed by atoms with Crippen LogP contribution in [-0.2, 0) is 4.74 Å². The van der Waals surface area contributed by atoms with E-state index in [1.807, 2.05) is 0 Å². The van der Waals surface area contributed by atoms with Gasteiger partial charge in [-0.05, 0) is 0 Å². The third-order valence-corrected chi connectivity index (χ3v) is 2.71. The molecule has 2 bridgehead atoms. The van der Waals surface area contributed by atoms with E-state index in [1.165, 1.54) is 0 Å². The Bertz CT molecular complexity index is 165. The van der Waals surface area contributed by atoms with Crippen LogP contribution in [0.4, 0.5) is 0 Å². The van der Waals surface area contributed by atoms with Crippen molar-refractivity contribution in [2.24, 2.45) is 0 Å². The number of piperazine rings is 1. The average Bonchev–Trinajstić information content (AvgIpc) is 2.32. The monoisotopic (exact) mass is 172 g/mol. The fourth-order valence-corrected chi connectivity index (χ4v) is 2.07. The summed E-state index contributed by atoms with van der Waals surface area (Å²) < 4.78 is 5.33. The second kappa shape index (κ2) is 3.30. The third kappa shape index (κ3) is 1.47. The third-order valence-electron chi connectivity index (χ3n) is 2.71. The van der Waals surface area contributed by atoms with Crippen molar-refractivity contribution in [2.45, 2.75) is 12.3 Å². The number of hydrogen-bond acceptors (Lipinski definition) is 4. The lowest BCUT2D eigenvalue weighted by Crippen LogP contribution is -2.50. The van der Waals surface area contributed by atoms with Gasteiger partial charge in [-0.2, -0.15) is 0 Å².